The van der Waals surface area contributed by atoms with E-state index in [9.17, 15) is 6.85 Å². The van der Waals surface area contributed by atoms with Crippen LogP contribution in [0.1, 0.15) is 31.5 Å². The standard InChI is InChI=1S/C40H24O/c1-2-12-26(13-3-1)37-30-17-8-5-15-28(30)24-35-39-33(19-10-20-36(39)41-40(35)37)38-31-18-9-6-14-27(31)23-34-29-16-7-4-11-25(29)21-22-32(34)38/h1-24H/i1D,2D,3D,4D,5D,6D,7D,8D,9D,10D,11D,12D,13D,14D,15D,16D,17D,18D,19D,21D,22D,23D,24D. The van der Waals surface area contributed by atoms with E-state index in [2.05, 4.69) is 0 Å². The summed E-state index contributed by atoms with van der Waals surface area (Å²) in [5.74, 6) is 0. The monoisotopic (exact) mass is 543 g/mol. The van der Waals surface area contributed by atoms with Crippen molar-refractivity contribution in [3.05, 3.63) is 145 Å². The first-order valence-electron chi connectivity index (χ1n) is 23.7. The number of benzene rings is 8. The van der Waals surface area contributed by atoms with Crippen molar-refractivity contribution in [2.75, 3.05) is 0 Å². The summed E-state index contributed by atoms with van der Waals surface area (Å²) in [6.45, 7) is 0. The first-order valence-corrected chi connectivity index (χ1v) is 12.2. The predicted molar refractivity (Wildman–Crippen MR) is 175 cm³/mol. The van der Waals surface area contributed by atoms with Gasteiger partial charge in [-0.1, -0.05) is 127 Å². The van der Waals surface area contributed by atoms with E-state index in [1.165, 1.54) is 0 Å². The number of hydrogen-bond donors (Lipinski definition) is 0. The molecule has 190 valence electrons. The fraction of sp³-hybridized carbons (Fsp3) is 0. The van der Waals surface area contributed by atoms with E-state index in [-0.39, 0.29) is 5.39 Å². The van der Waals surface area contributed by atoms with E-state index in [0.29, 0.717) is 0 Å². The molecular formula is C40H24O. The molecule has 0 amide bonds. The van der Waals surface area contributed by atoms with Crippen LogP contribution in [0.2, 0.25) is 0 Å². The van der Waals surface area contributed by atoms with Crippen molar-refractivity contribution in [2.24, 2.45) is 0 Å². The van der Waals surface area contributed by atoms with E-state index in [1.54, 1.807) is 0 Å². The molecule has 0 radical (unpaired) electrons. The van der Waals surface area contributed by atoms with Crippen LogP contribution in [0.25, 0.3) is 87.3 Å². The third-order valence-corrected chi connectivity index (χ3v) is 6.94. The number of hydrogen-bond acceptors (Lipinski definition) is 1. The van der Waals surface area contributed by atoms with Crippen LogP contribution in [0, 0.1) is 0 Å². The maximum Gasteiger partial charge on any atom is 0.143 e. The average molecular weight is 544 g/mol. The highest BCUT2D eigenvalue weighted by molar-refractivity contribution is 6.27. The molecule has 41 heavy (non-hydrogen) atoms. The zero-order valence-electron chi connectivity index (χ0n) is 43.5. The minimum Gasteiger partial charge on any atom is -0.455 e. The maximum atomic E-state index is 9.67. The molecule has 9 rings (SSSR count). The molecule has 0 spiro atoms. The summed E-state index contributed by atoms with van der Waals surface area (Å²) in [5, 5.41) is -4.91. The van der Waals surface area contributed by atoms with E-state index in [1.807, 2.05) is 0 Å². The van der Waals surface area contributed by atoms with Crippen LogP contribution in [0.5, 0.6) is 0 Å². The van der Waals surface area contributed by atoms with Crippen LogP contribution in [0.3, 0.4) is 0 Å². The summed E-state index contributed by atoms with van der Waals surface area (Å²) in [6.07, 6.45) is 0. The normalized spacial score (nSPS) is 19.8. The highest BCUT2D eigenvalue weighted by Crippen LogP contribution is 2.47. The Labute approximate surface area is 269 Å². The first kappa shape index (κ1) is 9.61. The van der Waals surface area contributed by atoms with Crippen molar-refractivity contribution in [3.63, 3.8) is 0 Å². The summed E-state index contributed by atoms with van der Waals surface area (Å²) in [7, 11) is 0. The number of furan rings is 1. The Kier molecular flexibility index (Phi) is 2.00. The van der Waals surface area contributed by atoms with Crippen molar-refractivity contribution in [3.8, 4) is 22.3 Å². The molecule has 8 aromatic carbocycles. The molecule has 0 aliphatic heterocycles. The molecule has 9 aromatic rings. The second-order valence-electron chi connectivity index (χ2n) is 9.08. The fourth-order valence-corrected chi connectivity index (χ4v) is 5.28. The van der Waals surface area contributed by atoms with Crippen LogP contribution in [0.4, 0.5) is 0 Å². The minimum absolute atomic E-state index is 0.363. The first-order chi connectivity index (χ1) is 29.9. The van der Waals surface area contributed by atoms with Crippen LogP contribution >= 0.6 is 0 Å². The van der Waals surface area contributed by atoms with Crippen molar-refractivity contribution >= 4 is 65.0 Å². The molecule has 0 aliphatic carbocycles. The molecule has 0 aliphatic rings. The molecule has 1 heterocycles. The van der Waals surface area contributed by atoms with Crippen LogP contribution < -0.4 is 0 Å². The van der Waals surface area contributed by atoms with Gasteiger partial charge >= 0.3 is 0 Å². The highest BCUT2D eigenvalue weighted by Gasteiger charge is 2.21. The van der Waals surface area contributed by atoms with Crippen molar-refractivity contribution in [1.29, 1.82) is 0 Å². The van der Waals surface area contributed by atoms with Gasteiger partial charge in [0.1, 0.15) is 11.2 Å². The Morgan fingerprint density at radius 3 is 1.85 bits per heavy atom. The summed E-state index contributed by atoms with van der Waals surface area (Å²) in [4.78, 5) is 0. The third kappa shape index (κ3) is 3.24. The van der Waals surface area contributed by atoms with Gasteiger partial charge in [-0.2, -0.15) is 0 Å². The Bertz CT molecular complexity index is 3730. The Balaban J connectivity index is 1.69. The van der Waals surface area contributed by atoms with Gasteiger partial charge < -0.3 is 4.42 Å². The van der Waals surface area contributed by atoms with Gasteiger partial charge in [0.05, 0.1) is 31.5 Å². The quantitative estimate of drug-likeness (QED) is 0.156. The maximum absolute atomic E-state index is 9.67. The van der Waals surface area contributed by atoms with Crippen LogP contribution in [0.15, 0.2) is 149 Å². The smallest absolute Gasteiger partial charge is 0.143 e. The molecule has 0 saturated heterocycles. The largest absolute Gasteiger partial charge is 0.455 e. The highest BCUT2D eigenvalue weighted by atomic mass is 16.3. The molecule has 0 bridgehead atoms. The summed E-state index contributed by atoms with van der Waals surface area (Å²) >= 11 is 0. The van der Waals surface area contributed by atoms with Gasteiger partial charge in [-0.3, -0.25) is 0 Å². The minimum atomic E-state index is -0.855. The Hall–Kier alpha value is -5.40. The van der Waals surface area contributed by atoms with Crippen LogP contribution in [-0.4, -0.2) is 0 Å². The predicted octanol–water partition coefficient (Wildman–Crippen LogP) is 11.5. The van der Waals surface area contributed by atoms with Gasteiger partial charge in [-0.15, -0.1) is 0 Å². The fourth-order valence-electron chi connectivity index (χ4n) is 5.28. The number of rotatable bonds is 2. The Morgan fingerprint density at radius 1 is 0.439 bits per heavy atom. The van der Waals surface area contributed by atoms with E-state index >= 15 is 0 Å². The van der Waals surface area contributed by atoms with Gasteiger partial charge in [0.2, 0.25) is 0 Å². The zero-order valence-corrected chi connectivity index (χ0v) is 20.5. The lowest BCUT2D eigenvalue weighted by molar-refractivity contribution is 0.670. The molecule has 1 nitrogen and oxygen atoms in total. The van der Waals surface area contributed by atoms with Gasteiger partial charge in [-0.25, -0.2) is 0 Å². The van der Waals surface area contributed by atoms with Crippen molar-refractivity contribution < 1.29 is 35.9 Å². The molecule has 0 saturated carbocycles. The summed E-state index contributed by atoms with van der Waals surface area (Å²) in [5.41, 5.74) is -3.08. The second-order valence-corrected chi connectivity index (χ2v) is 9.08. The lowest BCUT2D eigenvalue weighted by atomic mass is 9.87. The molecule has 0 atom stereocenters. The Morgan fingerprint density at radius 2 is 1.07 bits per heavy atom. The second kappa shape index (κ2) is 8.55. The van der Waals surface area contributed by atoms with E-state index in [0.717, 1.165) is 6.07 Å². The molecule has 0 unspecified atom stereocenters. The topological polar surface area (TPSA) is 13.1 Å². The van der Waals surface area contributed by atoms with Gasteiger partial charge in [0.25, 0.3) is 0 Å². The van der Waals surface area contributed by atoms with Gasteiger partial charge in [0, 0.05) is 16.3 Å². The van der Waals surface area contributed by atoms with E-state index in [4.69, 9.17) is 29.1 Å². The number of fused-ring (bicyclic) bond motifs is 8. The van der Waals surface area contributed by atoms with Gasteiger partial charge in [0.15, 0.2) is 0 Å². The lowest BCUT2D eigenvalue weighted by Gasteiger charge is -2.15. The third-order valence-electron chi connectivity index (χ3n) is 6.94. The summed E-state index contributed by atoms with van der Waals surface area (Å²) in [6, 6.07) is -17.3. The van der Waals surface area contributed by atoms with Crippen molar-refractivity contribution in [2.45, 2.75) is 0 Å². The van der Waals surface area contributed by atoms with Gasteiger partial charge in [-0.05, 0) is 77.9 Å². The summed E-state index contributed by atoms with van der Waals surface area (Å²) < 4.78 is 211. The lowest BCUT2D eigenvalue weighted by Crippen LogP contribution is -1.88. The molecule has 0 N–H and O–H groups in total. The van der Waals surface area contributed by atoms with E-state index < -0.39 is 221 Å². The SMILES string of the molecule is [2H]c1cc2oc3c(-c4c([2H])c([2H])c([2H])c([2H])c4[2H])c4c([2H])c([2H])c([2H])c([2H])c4c([2H])c3c2c(-c2c3c([2H])c([2H])c([2H])c([2H])c3c([2H])c3c2c([2H])c([2H])c2c([2H])c([2H])c([2H])c([2H])c23)c1[2H]. The zero-order chi connectivity index (χ0) is 46.9. The molecule has 0 fully saturated rings. The molecule has 1 heteroatoms. The molecule has 1 aromatic heterocycles. The molecular weight excluding hydrogens is 496 g/mol. The average Bonchev–Trinajstić information content (AvgIpc) is 3.64. The van der Waals surface area contributed by atoms with Crippen LogP contribution in [-0.2, 0) is 0 Å². The van der Waals surface area contributed by atoms with Crippen molar-refractivity contribution in [1.82, 2.24) is 0 Å².